The maximum absolute atomic E-state index is 9.55. The van der Waals surface area contributed by atoms with Gasteiger partial charge in [-0.25, -0.2) is 9.97 Å². The molecule has 1 saturated carbocycles. The molecule has 2 aromatic rings. The number of aryl methyl sites for hydroxylation is 1. The summed E-state index contributed by atoms with van der Waals surface area (Å²) < 4.78 is 0. The average Bonchev–Trinajstić information content (AvgIpc) is 2.56. The van der Waals surface area contributed by atoms with E-state index in [0.29, 0.717) is 17.8 Å². The number of aliphatic hydroxyl groups excluding tert-OH is 1. The van der Waals surface area contributed by atoms with Gasteiger partial charge in [0.2, 0.25) is 0 Å². The van der Waals surface area contributed by atoms with E-state index in [1.54, 1.807) is 12.4 Å². The molecule has 0 spiro atoms. The molecule has 2 N–H and O–H groups in total. The van der Waals surface area contributed by atoms with Crippen LogP contribution in [0.25, 0.3) is 11.4 Å². The van der Waals surface area contributed by atoms with E-state index in [4.69, 9.17) is 0 Å². The first-order valence-corrected chi connectivity index (χ1v) is 7.90. The molecule has 1 aliphatic carbocycles. The topological polar surface area (TPSA) is 70.9 Å². The molecule has 0 saturated heterocycles. The predicted molar refractivity (Wildman–Crippen MR) is 86.5 cm³/mol. The van der Waals surface area contributed by atoms with E-state index in [1.807, 2.05) is 25.1 Å². The van der Waals surface area contributed by atoms with E-state index in [2.05, 4.69) is 20.3 Å². The molecule has 116 valence electrons. The summed E-state index contributed by atoms with van der Waals surface area (Å²) in [5.74, 6) is 1.86. The lowest BCUT2D eigenvalue weighted by Crippen LogP contribution is -2.34. The summed E-state index contributed by atoms with van der Waals surface area (Å²) >= 11 is 0. The Morgan fingerprint density at radius 2 is 1.95 bits per heavy atom. The Bertz CT molecular complexity index is 617. The third-order valence-corrected chi connectivity index (χ3v) is 4.27. The second-order valence-corrected chi connectivity index (χ2v) is 5.93. The van der Waals surface area contributed by atoms with Crippen molar-refractivity contribution in [2.24, 2.45) is 5.92 Å². The van der Waals surface area contributed by atoms with Crippen LogP contribution in [0.5, 0.6) is 0 Å². The molecule has 2 atom stereocenters. The lowest BCUT2D eigenvalue weighted by atomic mass is 9.85. The Hall–Kier alpha value is -2.01. The van der Waals surface area contributed by atoms with Gasteiger partial charge in [0.05, 0.1) is 0 Å². The van der Waals surface area contributed by atoms with Gasteiger partial charge in [-0.3, -0.25) is 4.98 Å². The number of nitrogens with zero attached hydrogens (tertiary/aromatic N) is 3. The third-order valence-electron chi connectivity index (χ3n) is 4.27. The Morgan fingerprint density at radius 1 is 1.18 bits per heavy atom. The smallest absolute Gasteiger partial charge is 0.161 e. The number of aromatic nitrogens is 3. The number of anilines is 1. The fourth-order valence-corrected chi connectivity index (χ4v) is 3.08. The molecule has 0 amide bonds. The van der Waals surface area contributed by atoms with Crippen molar-refractivity contribution < 1.29 is 5.11 Å². The Kier molecular flexibility index (Phi) is 4.63. The number of nitrogens with one attached hydrogen (secondary N) is 1. The molecule has 1 fully saturated rings. The molecule has 5 nitrogen and oxygen atoms in total. The summed E-state index contributed by atoms with van der Waals surface area (Å²) in [4.78, 5) is 13.2. The van der Waals surface area contributed by atoms with Gasteiger partial charge in [0, 0.05) is 48.3 Å². The highest BCUT2D eigenvalue weighted by Gasteiger charge is 2.24. The number of pyridine rings is 1. The first-order valence-electron chi connectivity index (χ1n) is 7.90. The summed E-state index contributed by atoms with van der Waals surface area (Å²) in [7, 11) is 0. The highest BCUT2D eigenvalue weighted by molar-refractivity contribution is 5.56. The predicted octanol–water partition coefficient (Wildman–Crippen LogP) is 2.81. The molecule has 22 heavy (non-hydrogen) atoms. The van der Waals surface area contributed by atoms with Crippen LogP contribution in [0.15, 0.2) is 30.6 Å². The summed E-state index contributed by atoms with van der Waals surface area (Å²) in [6, 6.07) is 6.08. The van der Waals surface area contributed by atoms with E-state index in [1.165, 1.54) is 12.8 Å². The maximum atomic E-state index is 9.55. The zero-order valence-electron chi connectivity index (χ0n) is 12.9. The van der Waals surface area contributed by atoms with Crippen LogP contribution in [-0.4, -0.2) is 32.7 Å². The van der Waals surface area contributed by atoms with Crippen LogP contribution in [0.2, 0.25) is 0 Å². The zero-order valence-corrected chi connectivity index (χ0v) is 12.9. The second kappa shape index (κ2) is 6.83. The first kappa shape index (κ1) is 14.9. The van der Waals surface area contributed by atoms with Crippen molar-refractivity contribution in [1.82, 2.24) is 15.0 Å². The molecule has 0 aliphatic heterocycles. The second-order valence-electron chi connectivity index (χ2n) is 5.93. The van der Waals surface area contributed by atoms with Gasteiger partial charge < -0.3 is 10.4 Å². The van der Waals surface area contributed by atoms with Crippen LogP contribution >= 0.6 is 0 Å². The van der Waals surface area contributed by atoms with Gasteiger partial charge in [0.25, 0.3) is 0 Å². The summed E-state index contributed by atoms with van der Waals surface area (Å²) in [5, 5.41) is 13.1. The van der Waals surface area contributed by atoms with Crippen LogP contribution < -0.4 is 5.32 Å². The fourth-order valence-electron chi connectivity index (χ4n) is 3.08. The lowest BCUT2D eigenvalue weighted by Gasteiger charge is -2.31. The molecule has 2 heterocycles. The minimum absolute atomic E-state index is 0.235. The largest absolute Gasteiger partial charge is 0.396 e. The van der Waals surface area contributed by atoms with E-state index in [9.17, 15) is 5.11 Å². The van der Waals surface area contributed by atoms with Crippen molar-refractivity contribution in [3.8, 4) is 11.4 Å². The van der Waals surface area contributed by atoms with Gasteiger partial charge in [0.15, 0.2) is 5.82 Å². The fraction of sp³-hybridized carbons (Fsp3) is 0.471. The first-order chi connectivity index (χ1) is 10.8. The van der Waals surface area contributed by atoms with E-state index in [-0.39, 0.29) is 6.61 Å². The van der Waals surface area contributed by atoms with Gasteiger partial charge in [-0.1, -0.05) is 12.8 Å². The van der Waals surface area contributed by atoms with Crippen molar-refractivity contribution >= 4 is 5.82 Å². The molecule has 5 heteroatoms. The molecular formula is C17H22N4O. The lowest BCUT2D eigenvalue weighted by molar-refractivity contribution is 0.178. The minimum atomic E-state index is 0.235. The molecular weight excluding hydrogens is 276 g/mol. The maximum Gasteiger partial charge on any atom is 0.161 e. The molecule has 3 rings (SSSR count). The Morgan fingerprint density at radius 3 is 2.73 bits per heavy atom. The number of hydrogen-bond acceptors (Lipinski definition) is 5. The quantitative estimate of drug-likeness (QED) is 0.908. The molecule has 0 radical (unpaired) electrons. The van der Waals surface area contributed by atoms with Gasteiger partial charge in [-0.2, -0.15) is 0 Å². The van der Waals surface area contributed by atoms with Gasteiger partial charge in [0.1, 0.15) is 5.82 Å². The number of rotatable bonds is 4. The summed E-state index contributed by atoms with van der Waals surface area (Å²) in [5.41, 5.74) is 1.89. The third kappa shape index (κ3) is 3.42. The standard InChI is InChI=1S/C17H22N4O/c1-12-10-16(20-15-5-3-2-4-14(15)11-22)21-17(19-12)13-6-8-18-9-7-13/h6-10,14-15,22H,2-5,11H2,1H3,(H,19,20,21)/t14-,15-/m0/s1. The highest BCUT2D eigenvalue weighted by Crippen LogP contribution is 2.27. The monoisotopic (exact) mass is 298 g/mol. The molecule has 0 unspecified atom stereocenters. The zero-order chi connectivity index (χ0) is 15.4. The van der Waals surface area contributed by atoms with E-state index >= 15 is 0 Å². The van der Waals surface area contributed by atoms with Gasteiger partial charge in [-0.05, 0) is 31.9 Å². The summed E-state index contributed by atoms with van der Waals surface area (Å²) in [6.45, 7) is 2.21. The van der Waals surface area contributed by atoms with Crippen LogP contribution in [0.1, 0.15) is 31.4 Å². The minimum Gasteiger partial charge on any atom is -0.396 e. The van der Waals surface area contributed by atoms with Crippen molar-refractivity contribution in [2.45, 2.75) is 38.6 Å². The molecule has 0 aromatic carbocycles. The van der Waals surface area contributed by atoms with Crippen LogP contribution in [0, 0.1) is 12.8 Å². The molecule has 1 aliphatic rings. The van der Waals surface area contributed by atoms with E-state index in [0.717, 1.165) is 29.9 Å². The highest BCUT2D eigenvalue weighted by atomic mass is 16.3. The van der Waals surface area contributed by atoms with Gasteiger partial charge >= 0.3 is 0 Å². The Labute approximate surface area is 130 Å². The van der Waals surface area contributed by atoms with Crippen molar-refractivity contribution in [3.63, 3.8) is 0 Å². The molecule has 2 aromatic heterocycles. The van der Waals surface area contributed by atoms with Crippen molar-refractivity contribution in [1.29, 1.82) is 0 Å². The SMILES string of the molecule is Cc1cc(N[C@H]2CCCC[C@H]2CO)nc(-c2ccncc2)n1. The van der Waals surface area contributed by atoms with Crippen LogP contribution in [-0.2, 0) is 0 Å². The number of aliphatic hydroxyl groups is 1. The van der Waals surface area contributed by atoms with E-state index < -0.39 is 0 Å². The summed E-state index contributed by atoms with van der Waals surface area (Å²) in [6.07, 6.45) is 8.06. The Balaban J connectivity index is 1.83. The van der Waals surface area contributed by atoms with Gasteiger partial charge in [-0.15, -0.1) is 0 Å². The van der Waals surface area contributed by atoms with Crippen molar-refractivity contribution in [2.75, 3.05) is 11.9 Å². The normalized spacial score (nSPS) is 21.5. The molecule has 0 bridgehead atoms. The van der Waals surface area contributed by atoms with Crippen LogP contribution in [0.3, 0.4) is 0 Å². The average molecular weight is 298 g/mol. The number of hydrogen-bond donors (Lipinski definition) is 2. The van der Waals surface area contributed by atoms with Crippen LogP contribution in [0.4, 0.5) is 5.82 Å². The van der Waals surface area contributed by atoms with Crippen molar-refractivity contribution in [3.05, 3.63) is 36.3 Å².